The lowest BCUT2D eigenvalue weighted by Crippen LogP contribution is -2.08. The van der Waals surface area contributed by atoms with Gasteiger partial charge in [-0.25, -0.2) is 0 Å². The zero-order valence-electron chi connectivity index (χ0n) is 7.60. The van der Waals surface area contributed by atoms with Crippen LogP contribution in [-0.2, 0) is 0 Å². The van der Waals surface area contributed by atoms with E-state index in [1.165, 1.54) is 12.3 Å². The number of ketones is 1. The van der Waals surface area contributed by atoms with Crippen LogP contribution < -0.4 is 0 Å². The van der Waals surface area contributed by atoms with Crippen molar-refractivity contribution in [1.82, 2.24) is 0 Å². The van der Waals surface area contributed by atoms with Gasteiger partial charge in [-0.1, -0.05) is 0 Å². The highest BCUT2D eigenvalue weighted by atomic mass is 35.5. The molecule has 84 valence electrons. The van der Waals surface area contributed by atoms with Gasteiger partial charge in [-0.05, 0) is 24.1 Å². The van der Waals surface area contributed by atoms with Crippen molar-refractivity contribution < 1.29 is 22.4 Å². The molecule has 0 fully saturated rings. The van der Waals surface area contributed by atoms with Crippen molar-refractivity contribution in [1.29, 1.82) is 0 Å². The fourth-order valence-electron chi connectivity index (χ4n) is 1.08. The van der Waals surface area contributed by atoms with Gasteiger partial charge in [-0.3, -0.25) is 4.79 Å². The maximum Gasteiger partial charge on any atom is 0.389 e. The molecule has 0 spiro atoms. The highest BCUT2D eigenvalue weighted by Crippen LogP contribution is 2.24. The van der Waals surface area contributed by atoms with Gasteiger partial charge >= 0.3 is 6.18 Å². The van der Waals surface area contributed by atoms with Gasteiger partial charge in [-0.2, -0.15) is 13.2 Å². The predicted octanol–water partition coefficient (Wildman–Crippen LogP) is 3.85. The number of alkyl halides is 3. The van der Waals surface area contributed by atoms with Crippen LogP contribution in [0.1, 0.15) is 29.6 Å². The molecule has 0 unspecified atom stereocenters. The fourth-order valence-corrected chi connectivity index (χ4v) is 1.30. The zero-order chi connectivity index (χ0) is 11.5. The Kier molecular flexibility index (Phi) is 3.79. The first-order valence-electron chi connectivity index (χ1n) is 4.23. The largest absolute Gasteiger partial charge is 0.452 e. The Bertz CT molecular complexity index is 343. The third-order valence-electron chi connectivity index (χ3n) is 1.78. The molecule has 0 radical (unpaired) electrons. The summed E-state index contributed by atoms with van der Waals surface area (Å²) >= 11 is 5.49. The maximum atomic E-state index is 11.8. The monoisotopic (exact) mass is 240 g/mol. The Balaban J connectivity index is 2.41. The number of furan rings is 1. The fraction of sp³-hybridized carbons (Fsp3) is 0.444. The number of hydrogen-bond acceptors (Lipinski definition) is 2. The van der Waals surface area contributed by atoms with Crippen molar-refractivity contribution in [2.75, 3.05) is 0 Å². The quantitative estimate of drug-likeness (QED) is 0.749. The molecule has 0 atom stereocenters. The molecule has 1 heterocycles. The molecule has 1 rings (SSSR count). The summed E-state index contributed by atoms with van der Waals surface area (Å²) in [6.45, 7) is 0. The third kappa shape index (κ3) is 3.95. The molecule has 0 saturated carbocycles. The van der Waals surface area contributed by atoms with Gasteiger partial charge in [0.05, 0.1) is 11.8 Å². The minimum absolute atomic E-state index is 0.0768. The molecular formula is C9H8ClF3O2. The molecule has 6 heteroatoms. The van der Waals surface area contributed by atoms with Crippen LogP contribution >= 0.6 is 11.6 Å². The van der Waals surface area contributed by atoms with E-state index in [1.807, 2.05) is 0 Å². The number of halogens is 4. The average molecular weight is 241 g/mol. The molecule has 0 saturated heterocycles. The van der Waals surface area contributed by atoms with Gasteiger partial charge in [-0.15, -0.1) is 0 Å². The highest BCUT2D eigenvalue weighted by Gasteiger charge is 2.26. The van der Waals surface area contributed by atoms with E-state index in [9.17, 15) is 18.0 Å². The van der Waals surface area contributed by atoms with E-state index >= 15 is 0 Å². The average Bonchev–Trinajstić information content (AvgIpc) is 2.48. The lowest BCUT2D eigenvalue weighted by molar-refractivity contribution is -0.135. The molecule has 1 aromatic rings. The van der Waals surface area contributed by atoms with Crippen molar-refractivity contribution >= 4 is 17.4 Å². The van der Waals surface area contributed by atoms with E-state index in [2.05, 4.69) is 4.42 Å². The molecule has 0 bridgehead atoms. The van der Waals surface area contributed by atoms with Crippen LogP contribution in [0.2, 0.25) is 5.22 Å². The molecular weight excluding hydrogens is 233 g/mol. The molecule has 0 aliphatic carbocycles. The smallest absolute Gasteiger partial charge is 0.389 e. The molecule has 15 heavy (non-hydrogen) atoms. The van der Waals surface area contributed by atoms with Crippen LogP contribution in [0, 0.1) is 0 Å². The van der Waals surface area contributed by atoms with Gasteiger partial charge in [0.2, 0.25) is 5.22 Å². The number of carbonyl (C=O) groups excluding carboxylic acids is 1. The minimum atomic E-state index is -4.22. The molecule has 0 N–H and O–H groups in total. The predicted molar refractivity (Wildman–Crippen MR) is 48.0 cm³/mol. The minimum Gasteiger partial charge on any atom is -0.452 e. The first kappa shape index (κ1) is 12.1. The van der Waals surface area contributed by atoms with Crippen molar-refractivity contribution in [2.45, 2.75) is 25.4 Å². The van der Waals surface area contributed by atoms with E-state index in [4.69, 9.17) is 11.6 Å². The van der Waals surface area contributed by atoms with E-state index in [-0.39, 0.29) is 23.6 Å². The highest BCUT2D eigenvalue weighted by molar-refractivity contribution is 6.32. The van der Waals surface area contributed by atoms with Crippen molar-refractivity contribution in [3.63, 3.8) is 0 Å². The van der Waals surface area contributed by atoms with Crippen LogP contribution in [0.4, 0.5) is 13.2 Å². The Morgan fingerprint density at radius 3 is 2.60 bits per heavy atom. The second kappa shape index (κ2) is 4.70. The zero-order valence-corrected chi connectivity index (χ0v) is 8.36. The van der Waals surface area contributed by atoms with Crippen LogP contribution in [0.15, 0.2) is 16.7 Å². The summed E-state index contributed by atoms with van der Waals surface area (Å²) in [5.41, 5.74) is 0.138. The summed E-state index contributed by atoms with van der Waals surface area (Å²) < 4.78 is 40.0. The van der Waals surface area contributed by atoms with Gasteiger partial charge < -0.3 is 4.42 Å². The summed E-state index contributed by atoms with van der Waals surface area (Å²) in [6.07, 6.45) is -4.38. The second-order valence-corrected chi connectivity index (χ2v) is 3.34. The van der Waals surface area contributed by atoms with E-state index in [0.717, 1.165) is 0 Å². The third-order valence-corrected chi connectivity index (χ3v) is 2.08. The molecule has 0 aliphatic heterocycles. The SMILES string of the molecule is O=C(CCCC(F)(F)F)c1ccoc1Cl. The summed E-state index contributed by atoms with van der Waals surface area (Å²) in [7, 11) is 0. The molecule has 1 aromatic heterocycles. The van der Waals surface area contributed by atoms with E-state index in [1.54, 1.807) is 0 Å². The van der Waals surface area contributed by atoms with Crippen LogP contribution in [0.3, 0.4) is 0 Å². The van der Waals surface area contributed by atoms with Crippen molar-refractivity contribution in [3.05, 3.63) is 23.1 Å². The van der Waals surface area contributed by atoms with Gasteiger partial charge in [0.25, 0.3) is 0 Å². The Hall–Kier alpha value is -0.970. The van der Waals surface area contributed by atoms with Crippen molar-refractivity contribution in [3.8, 4) is 0 Å². The van der Waals surface area contributed by atoms with Crippen LogP contribution in [0.25, 0.3) is 0 Å². The number of rotatable bonds is 4. The number of hydrogen-bond donors (Lipinski definition) is 0. The Morgan fingerprint density at radius 1 is 1.47 bits per heavy atom. The van der Waals surface area contributed by atoms with Crippen LogP contribution in [0.5, 0.6) is 0 Å². The van der Waals surface area contributed by atoms with Gasteiger partial charge in [0, 0.05) is 12.8 Å². The summed E-state index contributed by atoms with van der Waals surface area (Å²) in [5, 5.41) is -0.0768. The topological polar surface area (TPSA) is 30.2 Å². The molecule has 0 aliphatic rings. The first-order chi connectivity index (χ1) is 6.90. The summed E-state index contributed by atoms with van der Waals surface area (Å²) in [4.78, 5) is 11.3. The second-order valence-electron chi connectivity index (χ2n) is 3.00. The molecule has 2 nitrogen and oxygen atoms in total. The normalized spacial score (nSPS) is 11.7. The van der Waals surface area contributed by atoms with Crippen molar-refractivity contribution in [2.24, 2.45) is 0 Å². The molecule has 0 amide bonds. The number of carbonyl (C=O) groups is 1. The molecule has 0 aromatic carbocycles. The number of Topliss-reactive ketones (excluding diaryl/α,β-unsaturated/α-hetero) is 1. The summed E-state index contributed by atoms with van der Waals surface area (Å²) in [5.74, 6) is -0.432. The lowest BCUT2D eigenvalue weighted by atomic mass is 10.1. The lowest BCUT2D eigenvalue weighted by Gasteiger charge is -2.04. The van der Waals surface area contributed by atoms with E-state index < -0.39 is 18.4 Å². The van der Waals surface area contributed by atoms with Gasteiger partial charge in [0.15, 0.2) is 5.78 Å². The standard InChI is InChI=1S/C9H8ClF3O2/c10-8-6(3-5-15-8)7(14)2-1-4-9(11,12)13/h3,5H,1-2,4H2. The summed E-state index contributed by atoms with van der Waals surface area (Å²) in [6, 6.07) is 1.35. The van der Waals surface area contributed by atoms with Crippen LogP contribution in [-0.4, -0.2) is 12.0 Å². The Morgan fingerprint density at radius 2 is 2.13 bits per heavy atom. The first-order valence-corrected chi connectivity index (χ1v) is 4.61. The maximum absolute atomic E-state index is 11.8. The van der Waals surface area contributed by atoms with Gasteiger partial charge in [0.1, 0.15) is 0 Å². The van der Waals surface area contributed by atoms with E-state index in [0.29, 0.717) is 0 Å². The Labute approximate surface area is 89.0 Å².